The van der Waals surface area contributed by atoms with E-state index in [0.29, 0.717) is 0 Å². The first kappa shape index (κ1) is 9.52. The van der Waals surface area contributed by atoms with Crippen LogP contribution in [0.4, 0.5) is 0 Å². The Bertz CT molecular complexity index is 241. The summed E-state index contributed by atoms with van der Waals surface area (Å²) in [5.41, 5.74) is -0.738. The van der Waals surface area contributed by atoms with E-state index in [1.165, 1.54) is 0 Å². The Kier molecular flexibility index (Phi) is 2.66. The van der Waals surface area contributed by atoms with Gasteiger partial charge < -0.3 is 5.11 Å². The highest BCUT2D eigenvalue weighted by atomic mass is 16.3. The summed E-state index contributed by atoms with van der Waals surface area (Å²) in [4.78, 5) is 0. The molecule has 0 heterocycles. The molecule has 0 rings (SSSR count). The van der Waals surface area contributed by atoms with Crippen molar-refractivity contribution in [1.82, 2.24) is 0 Å². The first-order valence-corrected chi connectivity index (χ1v) is 3.17. The number of hydrogen-bond donors (Lipinski definition) is 1. The Labute approximate surface area is 66.2 Å². The molecule has 11 heavy (non-hydrogen) atoms. The molecule has 3 heteroatoms. The van der Waals surface area contributed by atoms with Crippen molar-refractivity contribution >= 4 is 0 Å². The molecule has 0 fully saturated rings. The van der Waals surface area contributed by atoms with E-state index in [0.717, 1.165) is 0 Å². The van der Waals surface area contributed by atoms with Gasteiger partial charge in [-0.05, 0) is 0 Å². The van der Waals surface area contributed by atoms with Gasteiger partial charge in [-0.1, -0.05) is 20.8 Å². The summed E-state index contributed by atoms with van der Waals surface area (Å²) in [6.45, 7) is 5.20. The van der Waals surface area contributed by atoms with Crippen molar-refractivity contribution in [3.8, 4) is 12.1 Å². The van der Waals surface area contributed by atoms with E-state index in [-0.39, 0.29) is 11.3 Å². The smallest absolute Gasteiger partial charge is 0.167 e. The number of aliphatic hydroxyl groups excluding tert-OH is 1. The van der Waals surface area contributed by atoms with Crippen molar-refractivity contribution in [2.24, 2.45) is 5.41 Å². The van der Waals surface area contributed by atoms with E-state index in [2.05, 4.69) is 0 Å². The number of rotatable bonds is 0. The molecule has 1 N–H and O–H groups in total. The molecule has 0 aromatic rings. The Morgan fingerprint density at radius 2 is 1.55 bits per heavy atom. The van der Waals surface area contributed by atoms with Crippen molar-refractivity contribution in [2.45, 2.75) is 20.8 Å². The quantitative estimate of drug-likeness (QED) is 0.423. The van der Waals surface area contributed by atoms with Crippen LogP contribution in [-0.4, -0.2) is 5.11 Å². The summed E-state index contributed by atoms with van der Waals surface area (Å²) in [5, 5.41) is 26.0. The van der Waals surface area contributed by atoms with Crippen molar-refractivity contribution in [3.63, 3.8) is 0 Å². The minimum atomic E-state index is -0.527. The lowest BCUT2D eigenvalue weighted by Crippen LogP contribution is -2.10. The van der Waals surface area contributed by atoms with Gasteiger partial charge in [-0.2, -0.15) is 10.5 Å². The van der Waals surface area contributed by atoms with Gasteiger partial charge in [-0.25, -0.2) is 0 Å². The third-order valence-electron chi connectivity index (χ3n) is 1.17. The standard InChI is InChI=1S/C8H10N2O/c1-8(2,3)7(11)6(4-9)5-10/h11H,1-3H3. The Morgan fingerprint density at radius 1 is 1.18 bits per heavy atom. The third kappa shape index (κ3) is 2.31. The topological polar surface area (TPSA) is 67.8 Å². The van der Waals surface area contributed by atoms with Gasteiger partial charge >= 0.3 is 0 Å². The molecule has 0 aromatic heterocycles. The lowest BCUT2D eigenvalue weighted by atomic mass is 9.91. The normalized spacial score (nSPS) is 9.55. The zero-order valence-electron chi connectivity index (χ0n) is 6.84. The molecule has 0 spiro atoms. The minimum absolute atomic E-state index is 0.150. The molecule has 0 saturated carbocycles. The highest BCUT2D eigenvalue weighted by Gasteiger charge is 2.20. The van der Waals surface area contributed by atoms with Crippen LogP contribution in [0, 0.1) is 28.1 Å². The molecule has 0 bridgehead atoms. The van der Waals surface area contributed by atoms with Crippen molar-refractivity contribution in [2.75, 3.05) is 0 Å². The van der Waals surface area contributed by atoms with E-state index >= 15 is 0 Å². The van der Waals surface area contributed by atoms with Crippen LogP contribution in [0.2, 0.25) is 0 Å². The van der Waals surface area contributed by atoms with Crippen LogP contribution < -0.4 is 0 Å². The van der Waals surface area contributed by atoms with Gasteiger partial charge in [0.2, 0.25) is 0 Å². The second kappa shape index (κ2) is 3.07. The zero-order valence-corrected chi connectivity index (χ0v) is 6.84. The second-order valence-electron chi connectivity index (χ2n) is 3.20. The van der Waals surface area contributed by atoms with E-state index in [1.807, 2.05) is 0 Å². The molecule has 3 nitrogen and oxygen atoms in total. The molecule has 0 aromatic carbocycles. The molecular formula is C8H10N2O. The maximum atomic E-state index is 9.28. The first-order chi connectivity index (χ1) is 4.93. The van der Waals surface area contributed by atoms with E-state index in [9.17, 15) is 5.11 Å². The Balaban J connectivity index is 5.01. The summed E-state index contributed by atoms with van der Waals surface area (Å²) in [6, 6.07) is 3.25. The first-order valence-electron chi connectivity index (χ1n) is 3.17. The van der Waals surface area contributed by atoms with Crippen LogP contribution in [0.1, 0.15) is 20.8 Å². The molecule has 0 aliphatic heterocycles. The molecule has 0 amide bonds. The molecule has 0 unspecified atom stereocenters. The predicted molar refractivity (Wildman–Crippen MR) is 40.3 cm³/mol. The minimum Gasteiger partial charge on any atom is -0.510 e. The largest absolute Gasteiger partial charge is 0.510 e. The van der Waals surface area contributed by atoms with Gasteiger partial charge in [0.05, 0.1) is 0 Å². The number of hydrogen-bond acceptors (Lipinski definition) is 3. The highest BCUT2D eigenvalue weighted by molar-refractivity contribution is 5.39. The van der Waals surface area contributed by atoms with E-state index in [4.69, 9.17) is 10.5 Å². The number of aliphatic hydroxyl groups is 1. The predicted octanol–water partition coefficient (Wildman–Crippen LogP) is 1.89. The third-order valence-corrected chi connectivity index (χ3v) is 1.17. The second-order valence-corrected chi connectivity index (χ2v) is 3.20. The summed E-state index contributed by atoms with van der Waals surface area (Å²) in [5.74, 6) is -0.150. The van der Waals surface area contributed by atoms with Crippen LogP contribution in [-0.2, 0) is 0 Å². The van der Waals surface area contributed by atoms with Crippen LogP contribution in [0.15, 0.2) is 11.3 Å². The maximum Gasteiger partial charge on any atom is 0.167 e. The molecule has 0 aliphatic rings. The monoisotopic (exact) mass is 150 g/mol. The van der Waals surface area contributed by atoms with Crippen molar-refractivity contribution < 1.29 is 5.11 Å². The summed E-state index contributed by atoms with van der Waals surface area (Å²) in [7, 11) is 0. The number of allylic oxidation sites excluding steroid dienone is 2. The van der Waals surface area contributed by atoms with Crippen LogP contribution in [0.25, 0.3) is 0 Å². The van der Waals surface area contributed by atoms with E-state index in [1.54, 1.807) is 32.9 Å². The lowest BCUT2D eigenvalue weighted by molar-refractivity contribution is 0.275. The average molecular weight is 150 g/mol. The fourth-order valence-electron chi connectivity index (χ4n) is 0.506. The summed E-state index contributed by atoms with van der Waals surface area (Å²) in [6.07, 6.45) is 0. The van der Waals surface area contributed by atoms with Crippen molar-refractivity contribution in [1.29, 1.82) is 10.5 Å². The van der Waals surface area contributed by atoms with Gasteiger partial charge in [-0.15, -0.1) is 0 Å². The average Bonchev–Trinajstić information content (AvgIpc) is 1.88. The summed E-state index contributed by atoms with van der Waals surface area (Å²) >= 11 is 0. The Morgan fingerprint density at radius 3 is 1.64 bits per heavy atom. The number of nitrogens with zero attached hydrogens (tertiary/aromatic N) is 2. The van der Waals surface area contributed by atoms with Crippen LogP contribution in [0.5, 0.6) is 0 Å². The molecule has 0 aliphatic carbocycles. The van der Waals surface area contributed by atoms with Crippen LogP contribution in [0.3, 0.4) is 0 Å². The van der Waals surface area contributed by atoms with Gasteiger partial charge in [0.15, 0.2) is 5.57 Å². The lowest BCUT2D eigenvalue weighted by Gasteiger charge is -2.16. The maximum absolute atomic E-state index is 9.28. The van der Waals surface area contributed by atoms with Crippen molar-refractivity contribution in [3.05, 3.63) is 11.3 Å². The SMILES string of the molecule is CC(C)(C)C(O)=C(C#N)C#N. The molecule has 0 saturated heterocycles. The van der Waals surface area contributed by atoms with Crippen LogP contribution >= 0.6 is 0 Å². The van der Waals surface area contributed by atoms with E-state index < -0.39 is 5.41 Å². The van der Waals surface area contributed by atoms with Gasteiger partial charge in [0.25, 0.3) is 0 Å². The molecular weight excluding hydrogens is 140 g/mol. The highest BCUT2D eigenvalue weighted by Crippen LogP contribution is 2.24. The Hall–Kier alpha value is -1.48. The molecule has 58 valence electrons. The number of nitriles is 2. The molecule has 0 radical (unpaired) electrons. The summed E-state index contributed by atoms with van der Waals surface area (Å²) < 4.78 is 0. The zero-order chi connectivity index (χ0) is 9.07. The molecule has 0 atom stereocenters. The van der Waals surface area contributed by atoms with Gasteiger partial charge in [-0.3, -0.25) is 0 Å². The van der Waals surface area contributed by atoms with Gasteiger partial charge in [0.1, 0.15) is 17.9 Å². The fourth-order valence-corrected chi connectivity index (χ4v) is 0.506. The van der Waals surface area contributed by atoms with Gasteiger partial charge in [0, 0.05) is 5.41 Å². The fraction of sp³-hybridized carbons (Fsp3) is 0.500.